The number of hydrogen-bond donors (Lipinski definition) is 2. The van der Waals surface area contributed by atoms with Crippen LogP contribution in [0.5, 0.6) is 0 Å². The number of aromatic amines is 1. The second kappa shape index (κ2) is 4.68. The fraction of sp³-hybridized carbons (Fsp3) is 0.100. The molecule has 0 aliphatic carbocycles. The van der Waals surface area contributed by atoms with E-state index >= 15 is 0 Å². The Morgan fingerprint density at radius 2 is 2.33 bits per heavy atom. The summed E-state index contributed by atoms with van der Waals surface area (Å²) >= 11 is 9.39. The first kappa shape index (κ1) is 10.5. The molecule has 0 saturated carbocycles. The Hall–Kier alpha value is -1.00. The van der Waals surface area contributed by atoms with Crippen LogP contribution in [-0.4, -0.2) is 9.97 Å². The maximum Gasteiger partial charge on any atom is 0.0922 e. The van der Waals surface area contributed by atoms with Crippen LogP contribution >= 0.6 is 27.5 Å². The smallest absolute Gasteiger partial charge is 0.0922 e. The zero-order valence-corrected chi connectivity index (χ0v) is 10.1. The summed E-state index contributed by atoms with van der Waals surface area (Å²) in [5.41, 5.74) is 2.00. The maximum atomic E-state index is 5.97. The van der Waals surface area contributed by atoms with Gasteiger partial charge in [-0.15, -0.1) is 0 Å². The SMILES string of the molecule is Clc1cccc(NCc2cnc[nH]2)c1Br. The van der Waals surface area contributed by atoms with Gasteiger partial charge in [0.15, 0.2) is 0 Å². The lowest BCUT2D eigenvalue weighted by Crippen LogP contribution is -2.00. The molecule has 2 rings (SSSR count). The van der Waals surface area contributed by atoms with Gasteiger partial charge in [-0.1, -0.05) is 17.7 Å². The highest BCUT2D eigenvalue weighted by atomic mass is 79.9. The normalized spacial score (nSPS) is 10.3. The largest absolute Gasteiger partial charge is 0.378 e. The van der Waals surface area contributed by atoms with E-state index in [0.29, 0.717) is 11.6 Å². The molecular weight excluding hydrogens is 277 g/mol. The van der Waals surface area contributed by atoms with Gasteiger partial charge < -0.3 is 10.3 Å². The maximum absolute atomic E-state index is 5.97. The molecule has 1 aromatic carbocycles. The fourth-order valence-electron chi connectivity index (χ4n) is 1.21. The van der Waals surface area contributed by atoms with E-state index < -0.39 is 0 Å². The zero-order valence-electron chi connectivity index (χ0n) is 7.80. The van der Waals surface area contributed by atoms with Gasteiger partial charge in [0.05, 0.1) is 33.7 Å². The zero-order chi connectivity index (χ0) is 10.7. The minimum Gasteiger partial charge on any atom is -0.378 e. The molecule has 0 radical (unpaired) electrons. The number of imidazole rings is 1. The first-order valence-electron chi connectivity index (χ1n) is 4.42. The van der Waals surface area contributed by atoms with Gasteiger partial charge in [0, 0.05) is 6.20 Å². The van der Waals surface area contributed by atoms with Gasteiger partial charge in [-0.25, -0.2) is 4.98 Å². The van der Waals surface area contributed by atoms with Crippen molar-refractivity contribution in [2.45, 2.75) is 6.54 Å². The number of anilines is 1. The molecule has 3 nitrogen and oxygen atoms in total. The number of nitrogens with one attached hydrogen (secondary N) is 2. The average molecular weight is 287 g/mol. The summed E-state index contributed by atoms with van der Waals surface area (Å²) in [5.74, 6) is 0. The molecule has 2 N–H and O–H groups in total. The van der Waals surface area contributed by atoms with E-state index in [-0.39, 0.29) is 0 Å². The van der Waals surface area contributed by atoms with E-state index in [0.717, 1.165) is 15.9 Å². The molecular formula is C10H9BrClN3. The third-order valence-electron chi connectivity index (χ3n) is 1.98. The van der Waals surface area contributed by atoms with Crippen LogP contribution in [-0.2, 0) is 6.54 Å². The lowest BCUT2D eigenvalue weighted by molar-refractivity contribution is 1.07. The Bertz CT molecular complexity index is 442. The van der Waals surface area contributed by atoms with Gasteiger partial charge in [0.1, 0.15) is 0 Å². The van der Waals surface area contributed by atoms with Gasteiger partial charge in [-0.2, -0.15) is 0 Å². The monoisotopic (exact) mass is 285 g/mol. The Labute approximate surface area is 101 Å². The van der Waals surface area contributed by atoms with E-state index in [4.69, 9.17) is 11.6 Å². The van der Waals surface area contributed by atoms with Gasteiger partial charge in [-0.05, 0) is 28.1 Å². The van der Waals surface area contributed by atoms with Crippen LogP contribution in [0.2, 0.25) is 5.02 Å². The van der Waals surface area contributed by atoms with Gasteiger partial charge in [-0.3, -0.25) is 0 Å². The third-order valence-corrected chi connectivity index (χ3v) is 3.37. The number of nitrogens with zero attached hydrogens (tertiary/aromatic N) is 1. The molecule has 0 unspecified atom stereocenters. The quantitative estimate of drug-likeness (QED) is 0.907. The van der Waals surface area contributed by atoms with Crippen LogP contribution in [0.3, 0.4) is 0 Å². The first-order valence-corrected chi connectivity index (χ1v) is 5.59. The number of benzene rings is 1. The minimum atomic E-state index is 0.693. The van der Waals surface area contributed by atoms with Gasteiger partial charge >= 0.3 is 0 Å². The molecule has 0 fully saturated rings. The van der Waals surface area contributed by atoms with Crippen molar-refractivity contribution >= 4 is 33.2 Å². The number of hydrogen-bond acceptors (Lipinski definition) is 2. The third kappa shape index (κ3) is 2.52. The molecule has 0 aliphatic rings. The fourth-order valence-corrected chi connectivity index (χ4v) is 1.79. The van der Waals surface area contributed by atoms with Crippen molar-refractivity contribution in [2.75, 3.05) is 5.32 Å². The van der Waals surface area contributed by atoms with Crippen LogP contribution < -0.4 is 5.32 Å². The molecule has 0 bridgehead atoms. The summed E-state index contributed by atoms with van der Waals surface area (Å²) in [5, 5.41) is 3.95. The summed E-state index contributed by atoms with van der Waals surface area (Å²) in [6, 6.07) is 5.71. The van der Waals surface area contributed by atoms with Crippen LogP contribution in [0.25, 0.3) is 0 Å². The lowest BCUT2D eigenvalue weighted by Gasteiger charge is -2.07. The molecule has 15 heavy (non-hydrogen) atoms. The van der Waals surface area contributed by atoms with E-state index in [2.05, 4.69) is 31.2 Å². The molecule has 0 spiro atoms. The molecule has 5 heteroatoms. The van der Waals surface area contributed by atoms with Crippen LogP contribution in [0.1, 0.15) is 5.69 Å². The van der Waals surface area contributed by atoms with E-state index in [1.165, 1.54) is 0 Å². The lowest BCUT2D eigenvalue weighted by atomic mass is 10.3. The Kier molecular flexibility index (Phi) is 3.28. The molecule has 0 aliphatic heterocycles. The van der Waals surface area contributed by atoms with Crippen molar-refractivity contribution in [3.63, 3.8) is 0 Å². The van der Waals surface area contributed by atoms with E-state index in [1.807, 2.05) is 18.2 Å². The van der Waals surface area contributed by atoms with Crippen LogP contribution in [0.4, 0.5) is 5.69 Å². The Morgan fingerprint density at radius 3 is 3.07 bits per heavy atom. The van der Waals surface area contributed by atoms with Crippen LogP contribution in [0, 0.1) is 0 Å². The number of rotatable bonds is 3. The second-order valence-corrected chi connectivity index (χ2v) is 4.23. The van der Waals surface area contributed by atoms with Crippen molar-refractivity contribution in [1.82, 2.24) is 9.97 Å². The number of H-pyrrole nitrogens is 1. The van der Waals surface area contributed by atoms with Crippen molar-refractivity contribution < 1.29 is 0 Å². The van der Waals surface area contributed by atoms with Crippen molar-refractivity contribution in [3.8, 4) is 0 Å². The summed E-state index contributed by atoms with van der Waals surface area (Å²) in [4.78, 5) is 6.96. The second-order valence-electron chi connectivity index (χ2n) is 3.03. The van der Waals surface area contributed by atoms with Gasteiger partial charge in [0.25, 0.3) is 0 Å². The Morgan fingerprint density at radius 1 is 1.47 bits per heavy atom. The molecule has 2 aromatic rings. The number of halogens is 2. The van der Waals surface area contributed by atoms with Gasteiger partial charge in [0.2, 0.25) is 0 Å². The summed E-state index contributed by atoms with van der Waals surface area (Å²) < 4.78 is 0.881. The molecule has 78 valence electrons. The number of aromatic nitrogens is 2. The molecule has 0 atom stereocenters. The van der Waals surface area contributed by atoms with E-state index in [9.17, 15) is 0 Å². The highest BCUT2D eigenvalue weighted by Gasteiger charge is 2.03. The Balaban J connectivity index is 2.08. The standard InChI is InChI=1S/C10H9BrClN3/c11-10-8(12)2-1-3-9(10)14-5-7-4-13-6-15-7/h1-4,6,14H,5H2,(H,13,15). The van der Waals surface area contributed by atoms with Crippen molar-refractivity contribution in [3.05, 3.63) is 45.9 Å². The molecule has 0 amide bonds. The van der Waals surface area contributed by atoms with E-state index in [1.54, 1.807) is 12.5 Å². The highest BCUT2D eigenvalue weighted by molar-refractivity contribution is 9.10. The highest BCUT2D eigenvalue weighted by Crippen LogP contribution is 2.30. The topological polar surface area (TPSA) is 40.7 Å². The predicted molar refractivity (Wildman–Crippen MR) is 65.1 cm³/mol. The molecule has 1 heterocycles. The molecule has 1 aromatic heterocycles. The summed E-state index contributed by atoms with van der Waals surface area (Å²) in [7, 11) is 0. The first-order chi connectivity index (χ1) is 7.27. The van der Waals surface area contributed by atoms with Crippen LogP contribution in [0.15, 0.2) is 35.2 Å². The van der Waals surface area contributed by atoms with Crippen molar-refractivity contribution in [2.24, 2.45) is 0 Å². The summed E-state index contributed by atoms with van der Waals surface area (Å²) in [6.45, 7) is 0.693. The predicted octanol–water partition coefficient (Wildman–Crippen LogP) is 3.44. The average Bonchev–Trinajstić information content (AvgIpc) is 2.73. The van der Waals surface area contributed by atoms with Crippen molar-refractivity contribution in [1.29, 1.82) is 0 Å². The summed E-state index contributed by atoms with van der Waals surface area (Å²) in [6.07, 6.45) is 3.44. The molecule has 0 saturated heterocycles. The minimum absolute atomic E-state index is 0.693.